The number of rotatable bonds is 5. The standard InChI is InChI=1S/C13H20BrN5/c1-4-9(2)18(3)5-6-19-12-11(17-13(19)15)7-10(14)8-16-12/h7-9H,4-6H2,1-3H3,(H2,15,17). The molecule has 2 aromatic rings. The molecule has 6 heteroatoms. The summed E-state index contributed by atoms with van der Waals surface area (Å²) >= 11 is 3.40. The van der Waals surface area contributed by atoms with Crippen molar-refractivity contribution >= 4 is 33.0 Å². The Hall–Kier alpha value is -1.14. The van der Waals surface area contributed by atoms with Gasteiger partial charge in [0.25, 0.3) is 0 Å². The van der Waals surface area contributed by atoms with Gasteiger partial charge in [-0.1, -0.05) is 6.92 Å². The molecule has 0 aliphatic rings. The van der Waals surface area contributed by atoms with Crippen LogP contribution in [-0.2, 0) is 6.54 Å². The van der Waals surface area contributed by atoms with Crippen molar-refractivity contribution in [1.29, 1.82) is 0 Å². The van der Waals surface area contributed by atoms with Crippen molar-refractivity contribution in [1.82, 2.24) is 19.4 Å². The summed E-state index contributed by atoms with van der Waals surface area (Å²) in [6.07, 6.45) is 2.92. The summed E-state index contributed by atoms with van der Waals surface area (Å²) in [5, 5.41) is 0. The van der Waals surface area contributed by atoms with Crippen LogP contribution in [0.3, 0.4) is 0 Å². The van der Waals surface area contributed by atoms with E-state index in [0.29, 0.717) is 12.0 Å². The highest BCUT2D eigenvalue weighted by Gasteiger charge is 2.12. The SMILES string of the molecule is CCC(C)N(C)CCn1c(N)nc2cc(Br)cnc21. The van der Waals surface area contributed by atoms with E-state index in [0.717, 1.165) is 35.1 Å². The van der Waals surface area contributed by atoms with Crippen LogP contribution < -0.4 is 5.73 Å². The first-order valence-electron chi connectivity index (χ1n) is 6.50. The Bertz CT molecular complexity index is 565. The van der Waals surface area contributed by atoms with Gasteiger partial charge in [0.1, 0.15) is 5.52 Å². The Morgan fingerprint density at radius 3 is 2.95 bits per heavy atom. The van der Waals surface area contributed by atoms with Gasteiger partial charge in [0.05, 0.1) is 0 Å². The average molecular weight is 326 g/mol. The Labute approximate surface area is 121 Å². The predicted octanol–water partition coefficient (Wildman–Crippen LogP) is 2.51. The third-order valence-corrected chi connectivity index (χ3v) is 4.03. The van der Waals surface area contributed by atoms with Gasteiger partial charge in [-0.15, -0.1) is 0 Å². The quantitative estimate of drug-likeness (QED) is 0.917. The van der Waals surface area contributed by atoms with E-state index in [1.54, 1.807) is 6.20 Å². The molecule has 1 unspecified atom stereocenters. The topological polar surface area (TPSA) is 60.0 Å². The van der Waals surface area contributed by atoms with Gasteiger partial charge >= 0.3 is 0 Å². The lowest BCUT2D eigenvalue weighted by molar-refractivity contribution is 0.244. The molecule has 0 aliphatic carbocycles. The smallest absolute Gasteiger partial charge is 0.202 e. The third kappa shape index (κ3) is 3.06. The summed E-state index contributed by atoms with van der Waals surface area (Å²) in [5.74, 6) is 0.526. The highest BCUT2D eigenvalue weighted by Crippen LogP contribution is 2.19. The Morgan fingerprint density at radius 1 is 1.53 bits per heavy atom. The Kier molecular flexibility index (Phi) is 4.42. The van der Waals surface area contributed by atoms with Crippen LogP contribution in [0.25, 0.3) is 11.2 Å². The largest absolute Gasteiger partial charge is 0.369 e. The molecular formula is C13H20BrN5. The van der Waals surface area contributed by atoms with Gasteiger partial charge in [-0.05, 0) is 42.4 Å². The second-order valence-corrected chi connectivity index (χ2v) is 5.77. The molecule has 2 N–H and O–H groups in total. The van der Waals surface area contributed by atoms with Gasteiger partial charge in [0.15, 0.2) is 5.65 Å². The zero-order valence-corrected chi connectivity index (χ0v) is 13.2. The van der Waals surface area contributed by atoms with Crippen LogP contribution in [0.2, 0.25) is 0 Å². The zero-order chi connectivity index (χ0) is 14.0. The summed E-state index contributed by atoms with van der Waals surface area (Å²) in [6, 6.07) is 2.51. The number of nitrogen functional groups attached to an aromatic ring is 1. The minimum atomic E-state index is 0.526. The molecule has 1 atom stereocenters. The molecule has 0 aromatic carbocycles. The lowest BCUT2D eigenvalue weighted by Crippen LogP contribution is -2.31. The number of nitrogens with two attached hydrogens (primary N) is 1. The maximum atomic E-state index is 5.98. The molecule has 0 bridgehead atoms. The number of likely N-dealkylation sites (N-methyl/N-ethyl adjacent to an activating group) is 1. The molecule has 19 heavy (non-hydrogen) atoms. The summed E-state index contributed by atoms with van der Waals surface area (Å²) in [5.41, 5.74) is 7.65. The van der Waals surface area contributed by atoms with Crippen molar-refractivity contribution < 1.29 is 0 Å². The van der Waals surface area contributed by atoms with Gasteiger partial charge in [-0.2, -0.15) is 0 Å². The van der Waals surface area contributed by atoms with E-state index in [2.05, 4.69) is 51.7 Å². The second-order valence-electron chi connectivity index (χ2n) is 4.86. The molecule has 0 aliphatic heterocycles. The molecule has 0 saturated carbocycles. The van der Waals surface area contributed by atoms with E-state index < -0.39 is 0 Å². The maximum Gasteiger partial charge on any atom is 0.202 e. The van der Waals surface area contributed by atoms with Crippen LogP contribution in [0, 0.1) is 0 Å². The number of halogens is 1. The van der Waals surface area contributed by atoms with Crippen molar-refractivity contribution in [3.8, 4) is 0 Å². The third-order valence-electron chi connectivity index (χ3n) is 3.60. The van der Waals surface area contributed by atoms with E-state index in [1.165, 1.54) is 0 Å². The number of hydrogen-bond acceptors (Lipinski definition) is 4. The lowest BCUT2D eigenvalue weighted by atomic mass is 10.2. The molecule has 0 saturated heterocycles. The van der Waals surface area contributed by atoms with E-state index in [-0.39, 0.29) is 0 Å². The monoisotopic (exact) mass is 325 g/mol. The van der Waals surface area contributed by atoms with Crippen LogP contribution in [0.1, 0.15) is 20.3 Å². The van der Waals surface area contributed by atoms with Crippen molar-refractivity contribution in [2.24, 2.45) is 0 Å². The second kappa shape index (κ2) is 5.88. The van der Waals surface area contributed by atoms with Crippen molar-refractivity contribution in [2.75, 3.05) is 19.3 Å². The fraction of sp³-hybridized carbons (Fsp3) is 0.538. The summed E-state index contributed by atoms with van der Waals surface area (Å²) in [6.45, 7) is 6.16. The van der Waals surface area contributed by atoms with Crippen molar-refractivity contribution in [3.05, 3.63) is 16.7 Å². The number of pyridine rings is 1. The van der Waals surface area contributed by atoms with Crippen LogP contribution in [0.15, 0.2) is 16.7 Å². The molecule has 2 rings (SSSR count). The fourth-order valence-electron chi connectivity index (χ4n) is 2.01. The molecule has 2 heterocycles. The molecule has 5 nitrogen and oxygen atoms in total. The van der Waals surface area contributed by atoms with E-state index in [1.807, 2.05) is 10.6 Å². The number of nitrogens with zero attached hydrogens (tertiary/aromatic N) is 4. The summed E-state index contributed by atoms with van der Waals surface area (Å²) in [7, 11) is 2.13. The molecule has 104 valence electrons. The fourth-order valence-corrected chi connectivity index (χ4v) is 2.33. The first-order valence-corrected chi connectivity index (χ1v) is 7.29. The van der Waals surface area contributed by atoms with E-state index >= 15 is 0 Å². The van der Waals surface area contributed by atoms with Gasteiger partial charge in [-0.3, -0.25) is 4.57 Å². The van der Waals surface area contributed by atoms with Crippen LogP contribution in [-0.4, -0.2) is 39.1 Å². The molecule has 0 fully saturated rings. The molecule has 2 aromatic heterocycles. The number of imidazole rings is 1. The number of aromatic nitrogens is 3. The Morgan fingerprint density at radius 2 is 2.26 bits per heavy atom. The van der Waals surface area contributed by atoms with E-state index in [9.17, 15) is 0 Å². The minimum absolute atomic E-state index is 0.526. The van der Waals surface area contributed by atoms with Crippen molar-refractivity contribution in [3.63, 3.8) is 0 Å². The first kappa shape index (κ1) is 14.3. The van der Waals surface area contributed by atoms with Gasteiger partial charge in [-0.25, -0.2) is 9.97 Å². The van der Waals surface area contributed by atoms with Gasteiger partial charge in [0.2, 0.25) is 5.95 Å². The van der Waals surface area contributed by atoms with Crippen LogP contribution >= 0.6 is 15.9 Å². The maximum absolute atomic E-state index is 5.98. The number of fused-ring (bicyclic) bond motifs is 1. The minimum Gasteiger partial charge on any atom is -0.369 e. The average Bonchev–Trinajstić information content (AvgIpc) is 2.69. The van der Waals surface area contributed by atoms with Crippen LogP contribution in [0.5, 0.6) is 0 Å². The number of hydrogen-bond donors (Lipinski definition) is 1. The normalized spacial score (nSPS) is 13.3. The highest BCUT2D eigenvalue weighted by molar-refractivity contribution is 9.10. The number of anilines is 1. The molecule has 0 radical (unpaired) electrons. The van der Waals surface area contributed by atoms with Crippen LogP contribution in [0.4, 0.5) is 5.95 Å². The molecule has 0 spiro atoms. The zero-order valence-electron chi connectivity index (χ0n) is 11.6. The van der Waals surface area contributed by atoms with Gasteiger partial charge in [0, 0.05) is 29.8 Å². The molecular weight excluding hydrogens is 306 g/mol. The molecule has 0 amide bonds. The Balaban J connectivity index is 2.19. The van der Waals surface area contributed by atoms with E-state index in [4.69, 9.17) is 5.73 Å². The highest BCUT2D eigenvalue weighted by atomic mass is 79.9. The lowest BCUT2D eigenvalue weighted by Gasteiger charge is -2.23. The summed E-state index contributed by atoms with van der Waals surface area (Å²) < 4.78 is 2.89. The predicted molar refractivity (Wildman–Crippen MR) is 82.0 cm³/mol. The summed E-state index contributed by atoms with van der Waals surface area (Å²) in [4.78, 5) is 11.1. The van der Waals surface area contributed by atoms with Gasteiger partial charge < -0.3 is 10.6 Å². The first-order chi connectivity index (χ1) is 9.02. The van der Waals surface area contributed by atoms with Crippen molar-refractivity contribution in [2.45, 2.75) is 32.9 Å².